The van der Waals surface area contributed by atoms with E-state index in [1.165, 1.54) is 18.4 Å². The van der Waals surface area contributed by atoms with Crippen molar-refractivity contribution in [2.75, 3.05) is 26.2 Å². The van der Waals surface area contributed by atoms with E-state index in [9.17, 15) is 4.39 Å². The van der Waals surface area contributed by atoms with E-state index < -0.39 is 0 Å². The molecule has 0 aliphatic carbocycles. The van der Waals surface area contributed by atoms with Crippen molar-refractivity contribution >= 4 is 15.9 Å². The second kappa shape index (κ2) is 7.53. The highest BCUT2D eigenvalue weighted by atomic mass is 79.9. The maximum absolute atomic E-state index is 13.3. The Hall–Kier alpha value is -0.450. The van der Waals surface area contributed by atoms with E-state index in [-0.39, 0.29) is 5.82 Å². The molecular formula is C16H24BrFN2. The molecule has 1 saturated heterocycles. The molecule has 1 N–H and O–H groups in total. The lowest BCUT2D eigenvalue weighted by Crippen LogP contribution is -2.38. The standard InChI is InChI=1S/C16H24BrFN2/c1-3-19-11-13-6-8-20(9-7-13)12(2)14-4-5-16(18)15(17)10-14/h4-5,10,12-13,19H,3,6-9,11H2,1-2H3. The van der Waals surface area contributed by atoms with E-state index >= 15 is 0 Å². The fraction of sp³-hybridized carbons (Fsp3) is 0.625. The SMILES string of the molecule is CCNCC1CCN(C(C)c2ccc(F)c(Br)c2)CC1. The molecule has 1 aromatic carbocycles. The van der Waals surface area contributed by atoms with Gasteiger partial charge in [-0.2, -0.15) is 0 Å². The van der Waals surface area contributed by atoms with Gasteiger partial charge in [-0.15, -0.1) is 0 Å². The number of benzene rings is 1. The molecule has 1 aliphatic heterocycles. The van der Waals surface area contributed by atoms with Crippen molar-refractivity contribution in [2.24, 2.45) is 5.92 Å². The Balaban J connectivity index is 1.91. The molecule has 1 aromatic rings. The number of nitrogens with one attached hydrogen (secondary N) is 1. The zero-order valence-electron chi connectivity index (χ0n) is 12.3. The zero-order valence-corrected chi connectivity index (χ0v) is 13.9. The Bertz CT molecular complexity index is 430. The van der Waals surface area contributed by atoms with Gasteiger partial charge in [-0.3, -0.25) is 4.90 Å². The van der Waals surface area contributed by atoms with Crippen LogP contribution in [-0.2, 0) is 0 Å². The number of hydrogen-bond acceptors (Lipinski definition) is 2. The van der Waals surface area contributed by atoms with Gasteiger partial charge in [0.2, 0.25) is 0 Å². The third-order valence-electron chi connectivity index (χ3n) is 4.31. The summed E-state index contributed by atoms with van der Waals surface area (Å²) in [4.78, 5) is 2.50. The minimum atomic E-state index is -0.190. The van der Waals surface area contributed by atoms with E-state index in [0.29, 0.717) is 10.5 Å². The molecule has 1 fully saturated rings. The van der Waals surface area contributed by atoms with E-state index in [0.717, 1.165) is 32.1 Å². The summed E-state index contributed by atoms with van der Waals surface area (Å²) in [7, 11) is 0. The van der Waals surface area contributed by atoms with Crippen LogP contribution in [0.3, 0.4) is 0 Å². The summed E-state index contributed by atoms with van der Waals surface area (Å²) < 4.78 is 13.9. The summed E-state index contributed by atoms with van der Waals surface area (Å²) in [6, 6.07) is 5.71. The van der Waals surface area contributed by atoms with Crippen LogP contribution in [0.5, 0.6) is 0 Å². The number of likely N-dealkylation sites (tertiary alicyclic amines) is 1. The summed E-state index contributed by atoms with van der Waals surface area (Å²) >= 11 is 3.27. The highest BCUT2D eigenvalue weighted by molar-refractivity contribution is 9.10. The number of halogens is 2. The minimum absolute atomic E-state index is 0.190. The van der Waals surface area contributed by atoms with Crippen LogP contribution in [0.25, 0.3) is 0 Å². The lowest BCUT2D eigenvalue weighted by molar-refractivity contribution is 0.140. The summed E-state index contributed by atoms with van der Waals surface area (Å²) in [6.07, 6.45) is 2.50. The maximum atomic E-state index is 13.3. The molecular weight excluding hydrogens is 319 g/mol. The molecule has 1 atom stereocenters. The van der Waals surface area contributed by atoms with Crippen LogP contribution in [0.2, 0.25) is 0 Å². The third kappa shape index (κ3) is 4.03. The van der Waals surface area contributed by atoms with Crippen molar-refractivity contribution in [1.29, 1.82) is 0 Å². The van der Waals surface area contributed by atoms with Crippen molar-refractivity contribution in [3.05, 3.63) is 34.1 Å². The van der Waals surface area contributed by atoms with Crippen LogP contribution >= 0.6 is 15.9 Å². The topological polar surface area (TPSA) is 15.3 Å². The molecule has 0 amide bonds. The normalized spacial score (nSPS) is 19.2. The molecule has 1 unspecified atom stereocenters. The summed E-state index contributed by atoms with van der Waals surface area (Å²) in [6.45, 7) is 8.83. The summed E-state index contributed by atoms with van der Waals surface area (Å²) in [5, 5.41) is 3.44. The van der Waals surface area contributed by atoms with E-state index in [4.69, 9.17) is 0 Å². The lowest BCUT2D eigenvalue weighted by Gasteiger charge is -2.36. The third-order valence-corrected chi connectivity index (χ3v) is 4.91. The summed E-state index contributed by atoms with van der Waals surface area (Å²) in [5.74, 6) is 0.614. The first-order valence-corrected chi connectivity index (χ1v) is 8.30. The zero-order chi connectivity index (χ0) is 14.5. The van der Waals surface area contributed by atoms with Crippen molar-refractivity contribution in [3.63, 3.8) is 0 Å². The van der Waals surface area contributed by atoms with Gasteiger partial charge in [0.1, 0.15) is 5.82 Å². The number of piperidine rings is 1. The highest BCUT2D eigenvalue weighted by Gasteiger charge is 2.23. The van der Waals surface area contributed by atoms with Crippen molar-refractivity contribution in [2.45, 2.75) is 32.7 Å². The van der Waals surface area contributed by atoms with Crippen molar-refractivity contribution < 1.29 is 4.39 Å². The molecule has 0 spiro atoms. The van der Waals surface area contributed by atoms with E-state index in [1.807, 2.05) is 12.1 Å². The van der Waals surface area contributed by atoms with E-state index in [2.05, 4.69) is 40.0 Å². The molecule has 0 saturated carbocycles. The van der Waals surface area contributed by atoms with E-state index in [1.54, 1.807) is 6.07 Å². The van der Waals surface area contributed by atoms with Gasteiger partial charge < -0.3 is 5.32 Å². The largest absolute Gasteiger partial charge is 0.317 e. The fourth-order valence-corrected chi connectivity index (χ4v) is 3.27. The van der Waals surface area contributed by atoms with Crippen LogP contribution in [0.15, 0.2) is 22.7 Å². The Morgan fingerprint density at radius 2 is 2.10 bits per heavy atom. The smallest absolute Gasteiger partial charge is 0.137 e. The minimum Gasteiger partial charge on any atom is -0.317 e. The Kier molecular flexibility index (Phi) is 6.00. The van der Waals surface area contributed by atoms with Gasteiger partial charge in [0.25, 0.3) is 0 Å². The Morgan fingerprint density at radius 1 is 1.40 bits per heavy atom. The molecule has 0 aromatic heterocycles. The predicted molar refractivity (Wildman–Crippen MR) is 85.4 cm³/mol. The van der Waals surface area contributed by atoms with Gasteiger partial charge in [-0.05, 0) is 85.5 Å². The highest BCUT2D eigenvalue weighted by Crippen LogP contribution is 2.28. The van der Waals surface area contributed by atoms with Crippen molar-refractivity contribution in [1.82, 2.24) is 10.2 Å². The molecule has 0 radical (unpaired) electrons. The lowest BCUT2D eigenvalue weighted by atomic mass is 9.94. The Labute approximate surface area is 129 Å². The maximum Gasteiger partial charge on any atom is 0.137 e. The van der Waals surface area contributed by atoms with Gasteiger partial charge in [-0.25, -0.2) is 4.39 Å². The van der Waals surface area contributed by atoms with Crippen LogP contribution < -0.4 is 5.32 Å². The average Bonchev–Trinajstić information content (AvgIpc) is 2.48. The monoisotopic (exact) mass is 342 g/mol. The van der Waals surface area contributed by atoms with Crippen LogP contribution in [-0.4, -0.2) is 31.1 Å². The van der Waals surface area contributed by atoms with Crippen LogP contribution in [0, 0.1) is 11.7 Å². The van der Waals surface area contributed by atoms with Crippen LogP contribution in [0.1, 0.15) is 38.3 Å². The second-order valence-electron chi connectivity index (χ2n) is 5.64. The predicted octanol–water partition coefficient (Wildman–Crippen LogP) is 3.97. The summed E-state index contributed by atoms with van der Waals surface area (Å²) in [5.41, 5.74) is 1.18. The van der Waals surface area contributed by atoms with Gasteiger partial charge in [-0.1, -0.05) is 13.0 Å². The fourth-order valence-electron chi connectivity index (χ4n) is 2.88. The molecule has 1 aliphatic rings. The molecule has 2 rings (SSSR count). The van der Waals surface area contributed by atoms with Crippen LogP contribution in [0.4, 0.5) is 4.39 Å². The second-order valence-corrected chi connectivity index (χ2v) is 6.49. The molecule has 1 heterocycles. The van der Waals surface area contributed by atoms with Gasteiger partial charge in [0.15, 0.2) is 0 Å². The number of hydrogen-bond donors (Lipinski definition) is 1. The first-order chi connectivity index (χ1) is 9.61. The molecule has 112 valence electrons. The van der Waals surface area contributed by atoms with Gasteiger partial charge in [0, 0.05) is 6.04 Å². The first kappa shape index (κ1) is 15.9. The Morgan fingerprint density at radius 3 is 2.70 bits per heavy atom. The molecule has 20 heavy (non-hydrogen) atoms. The van der Waals surface area contributed by atoms with Gasteiger partial charge in [0.05, 0.1) is 4.47 Å². The number of nitrogens with zero attached hydrogens (tertiary/aromatic N) is 1. The molecule has 0 bridgehead atoms. The van der Waals surface area contributed by atoms with Crippen molar-refractivity contribution in [3.8, 4) is 0 Å². The molecule has 2 nitrogen and oxygen atoms in total. The number of rotatable bonds is 5. The average molecular weight is 343 g/mol. The quantitative estimate of drug-likeness (QED) is 0.870. The first-order valence-electron chi connectivity index (χ1n) is 7.51. The van der Waals surface area contributed by atoms with Gasteiger partial charge >= 0.3 is 0 Å². The molecule has 4 heteroatoms.